The molecule has 0 saturated carbocycles. The minimum Gasteiger partial charge on any atom is -0.493 e. The average Bonchev–Trinajstić information content (AvgIpc) is 2.59. The number of rotatable bonds is 6. The van der Waals surface area contributed by atoms with Gasteiger partial charge in [-0.25, -0.2) is 4.39 Å². The highest BCUT2D eigenvalue weighted by Gasteiger charge is 2.12. The first-order chi connectivity index (χ1) is 11.2. The molecule has 0 aromatic heterocycles. The SMILES string of the molecule is COc1cc(/C=N\N=C/c2ccc(F)cc2)cc(OC)c1OC. The molecule has 2 aromatic rings. The summed E-state index contributed by atoms with van der Waals surface area (Å²) in [6.45, 7) is 0. The maximum Gasteiger partial charge on any atom is 0.203 e. The summed E-state index contributed by atoms with van der Waals surface area (Å²) < 4.78 is 28.6. The zero-order chi connectivity index (χ0) is 16.7. The topological polar surface area (TPSA) is 52.4 Å². The van der Waals surface area contributed by atoms with E-state index in [1.54, 1.807) is 51.8 Å². The van der Waals surface area contributed by atoms with Gasteiger partial charge in [0.15, 0.2) is 11.5 Å². The molecule has 0 aliphatic carbocycles. The summed E-state index contributed by atoms with van der Waals surface area (Å²) in [5.74, 6) is 1.30. The number of ether oxygens (including phenoxy) is 3. The molecule has 23 heavy (non-hydrogen) atoms. The third-order valence-corrected chi connectivity index (χ3v) is 3.04. The van der Waals surface area contributed by atoms with E-state index < -0.39 is 0 Å². The van der Waals surface area contributed by atoms with Crippen LogP contribution < -0.4 is 14.2 Å². The van der Waals surface area contributed by atoms with Crippen molar-refractivity contribution < 1.29 is 18.6 Å². The predicted molar refractivity (Wildman–Crippen MR) is 87.7 cm³/mol. The Labute approximate surface area is 134 Å². The highest BCUT2D eigenvalue weighted by atomic mass is 19.1. The Bertz CT molecular complexity index is 687. The lowest BCUT2D eigenvalue weighted by Gasteiger charge is -2.12. The normalized spacial score (nSPS) is 11.1. The van der Waals surface area contributed by atoms with Crippen molar-refractivity contribution in [2.45, 2.75) is 0 Å². The molecule has 0 saturated heterocycles. The van der Waals surface area contributed by atoms with Gasteiger partial charge in [0.05, 0.1) is 33.8 Å². The van der Waals surface area contributed by atoms with Gasteiger partial charge in [0.2, 0.25) is 5.75 Å². The van der Waals surface area contributed by atoms with E-state index in [4.69, 9.17) is 14.2 Å². The van der Waals surface area contributed by atoms with Crippen molar-refractivity contribution in [1.29, 1.82) is 0 Å². The molecular formula is C17H17FN2O3. The van der Waals surface area contributed by atoms with Crippen molar-refractivity contribution in [2.24, 2.45) is 10.2 Å². The highest BCUT2D eigenvalue weighted by Crippen LogP contribution is 2.37. The zero-order valence-electron chi connectivity index (χ0n) is 13.1. The van der Waals surface area contributed by atoms with Crippen molar-refractivity contribution in [2.75, 3.05) is 21.3 Å². The maximum absolute atomic E-state index is 12.8. The Morgan fingerprint density at radius 3 is 1.78 bits per heavy atom. The second-order valence-electron chi connectivity index (χ2n) is 4.50. The molecule has 0 spiro atoms. The lowest BCUT2D eigenvalue weighted by atomic mass is 10.2. The van der Waals surface area contributed by atoms with Crippen molar-refractivity contribution >= 4 is 12.4 Å². The molecule has 120 valence electrons. The molecule has 0 aliphatic rings. The number of hydrogen-bond donors (Lipinski definition) is 0. The smallest absolute Gasteiger partial charge is 0.203 e. The van der Waals surface area contributed by atoms with Gasteiger partial charge in [-0.2, -0.15) is 10.2 Å². The largest absolute Gasteiger partial charge is 0.493 e. The highest BCUT2D eigenvalue weighted by molar-refractivity contribution is 5.84. The Morgan fingerprint density at radius 2 is 1.30 bits per heavy atom. The summed E-state index contributed by atoms with van der Waals surface area (Å²) in [5, 5.41) is 7.89. The average molecular weight is 316 g/mol. The minimum absolute atomic E-state index is 0.289. The van der Waals surface area contributed by atoms with Crippen molar-refractivity contribution in [3.8, 4) is 17.2 Å². The second kappa shape index (κ2) is 7.93. The third kappa shape index (κ3) is 4.29. The first-order valence-electron chi connectivity index (χ1n) is 6.80. The molecule has 0 bridgehead atoms. The van der Waals surface area contributed by atoms with E-state index >= 15 is 0 Å². The first-order valence-corrected chi connectivity index (χ1v) is 6.80. The monoisotopic (exact) mass is 316 g/mol. The molecule has 6 heteroatoms. The fourth-order valence-corrected chi connectivity index (χ4v) is 1.92. The van der Waals surface area contributed by atoms with Crippen LogP contribution in [-0.4, -0.2) is 33.8 Å². The second-order valence-corrected chi connectivity index (χ2v) is 4.50. The first kappa shape index (κ1) is 16.5. The van der Waals surface area contributed by atoms with E-state index in [-0.39, 0.29) is 5.82 Å². The van der Waals surface area contributed by atoms with E-state index in [9.17, 15) is 4.39 Å². The van der Waals surface area contributed by atoms with Gasteiger partial charge in [0.1, 0.15) is 5.82 Å². The predicted octanol–water partition coefficient (Wildman–Crippen LogP) is 3.30. The molecular weight excluding hydrogens is 299 g/mol. The standard InChI is InChI=1S/C17H17FN2O3/c1-21-15-8-13(9-16(22-2)17(15)23-3)11-20-19-10-12-4-6-14(18)7-5-12/h4-11H,1-3H3/b19-10-,20-11-. The van der Waals surface area contributed by atoms with Crippen molar-refractivity contribution in [3.05, 3.63) is 53.3 Å². The van der Waals surface area contributed by atoms with Gasteiger partial charge in [-0.05, 0) is 29.8 Å². The zero-order valence-corrected chi connectivity index (χ0v) is 13.1. The molecule has 0 fully saturated rings. The molecule has 2 aromatic carbocycles. The van der Waals surface area contributed by atoms with Crippen LogP contribution in [0.1, 0.15) is 11.1 Å². The van der Waals surface area contributed by atoms with Gasteiger partial charge < -0.3 is 14.2 Å². The van der Waals surface area contributed by atoms with E-state index in [0.717, 1.165) is 11.1 Å². The fraction of sp³-hybridized carbons (Fsp3) is 0.176. The lowest BCUT2D eigenvalue weighted by Crippen LogP contribution is -1.96. The maximum atomic E-state index is 12.8. The van der Waals surface area contributed by atoms with Gasteiger partial charge in [-0.1, -0.05) is 12.1 Å². The molecule has 0 radical (unpaired) electrons. The van der Waals surface area contributed by atoms with Crippen LogP contribution in [0.2, 0.25) is 0 Å². The quantitative estimate of drug-likeness (QED) is 0.607. The van der Waals surface area contributed by atoms with E-state index in [1.165, 1.54) is 18.3 Å². The van der Waals surface area contributed by atoms with E-state index in [0.29, 0.717) is 17.2 Å². The van der Waals surface area contributed by atoms with Crippen molar-refractivity contribution in [3.63, 3.8) is 0 Å². The number of nitrogens with zero attached hydrogens (tertiary/aromatic N) is 2. The summed E-state index contributed by atoms with van der Waals surface area (Å²) in [5.41, 5.74) is 1.50. The van der Waals surface area contributed by atoms with Crippen molar-refractivity contribution in [1.82, 2.24) is 0 Å². The molecule has 2 rings (SSSR count). The van der Waals surface area contributed by atoms with Crippen LogP contribution >= 0.6 is 0 Å². The van der Waals surface area contributed by atoms with Crippen LogP contribution in [0.25, 0.3) is 0 Å². The van der Waals surface area contributed by atoms with Gasteiger partial charge in [-0.15, -0.1) is 0 Å². The molecule has 0 heterocycles. The van der Waals surface area contributed by atoms with Gasteiger partial charge in [-0.3, -0.25) is 0 Å². The van der Waals surface area contributed by atoms with Gasteiger partial charge in [0.25, 0.3) is 0 Å². The molecule has 0 unspecified atom stereocenters. The fourth-order valence-electron chi connectivity index (χ4n) is 1.92. The Kier molecular flexibility index (Phi) is 5.68. The summed E-state index contributed by atoms with van der Waals surface area (Å²) in [6.07, 6.45) is 3.10. The summed E-state index contributed by atoms with van der Waals surface area (Å²) in [6, 6.07) is 9.49. The van der Waals surface area contributed by atoms with Crippen LogP contribution in [0, 0.1) is 5.82 Å². The summed E-state index contributed by atoms with van der Waals surface area (Å²) >= 11 is 0. The summed E-state index contributed by atoms with van der Waals surface area (Å²) in [4.78, 5) is 0. The number of hydrogen-bond acceptors (Lipinski definition) is 5. The molecule has 0 atom stereocenters. The van der Waals surface area contributed by atoms with Crippen LogP contribution in [0.3, 0.4) is 0 Å². The number of halogens is 1. The Balaban J connectivity index is 2.17. The van der Waals surface area contributed by atoms with E-state index in [2.05, 4.69) is 10.2 Å². The molecule has 0 aliphatic heterocycles. The molecule has 0 amide bonds. The Morgan fingerprint density at radius 1 is 0.783 bits per heavy atom. The Hall–Kier alpha value is -2.89. The van der Waals surface area contributed by atoms with Gasteiger partial charge >= 0.3 is 0 Å². The number of methoxy groups -OCH3 is 3. The van der Waals surface area contributed by atoms with Crippen LogP contribution in [0.15, 0.2) is 46.6 Å². The van der Waals surface area contributed by atoms with Gasteiger partial charge in [0, 0.05) is 5.56 Å². The van der Waals surface area contributed by atoms with Crippen LogP contribution in [0.4, 0.5) is 4.39 Å². The minimum atomic E-state index is -0.289. The van der Waals surface area contributed by atoms with E-state index in [1.807, 2.05) is 0 Å². The third-order valence-electron chi connectivity index (χ3n) is 3.04. The molecule has 0 N–H and O–H groups in total. The molecule has 5 nitrogen and oxygen atoms in total. The summed E-state index contributed by atoms with van der Waals surface area (Å²) in [7, 11) is 4.64. The van der Waals surface area contributed by atoms with Crippen LogP contribution in [-0.2, 0) is 0 Å². The number of benzene rings is 2. The van der Waals surface area contributed by atoms with Crippen LogP contribution in [0.5, 0.6) is 17.2 Å². The lowest BCUT2D eigenvalue weighted by molar-refractivity contribution is 0.324.